The average molecular weight is 279 g/mol. The average Bonchev–Trinajstić information content (AvgIpc) is 2.44. The molecule has 0 aromatic heterocycles. The summed E-state index contributed by atoms with van der Waals surface area (Å²) in [6.45, 7) is 7.52. The molecule has 1 aromatic rings. The maximum absolute atomic E-state index is 9.74. The van der Waals surface area contributed by atoms with E-state index in [2.05, 4.69) is 5.32 Å². The number of benzene rings is 1. The van der Waals surface area contributed by atoms with Crippen molar-refractivity contribution < 1.29 is 14.6 Å². The fourth-order valence-electron chi connectivity index (χ4n) is 1.52. The van der Waals surface area contributed by atoms with Crippen LogP contribution in [0.2, 0.25) is 0 Å². The zero-order chi connectivity index (χ0) is 14.8. The molecule has 112 valence electrons. The molecule has 4 heteroatoms. The summed E-state index contributed by atoms with van der Waals surface area (Å²) in [4.78, 5) is 0. The second kappa shape index (κ2) is 9.39. The van der Waals surface area contributed by atoms with Crippen LogP contribution in [-0.4, -0.2) is 37.0 Å². The topological polar surface area (TPSA) is 50.7 Å². The predicted molar refractivity (Wildman–Crippen MR) is 81.7 cm³/mol. The summed E-state index contributed by atoms with van der Waals surface area (Å²) in [5, 5.41) is 12.9. The van der Waals surface area contributed by atoms with E-state index in [4.69, 9.17) is 9.47 Å². The molecule has 1 aromatic carbocycles. The highest BCUT2D eigenvalue weighted by Gasteiger charge is 2.05. The summed E-state index contributed by atoms with van der Waals surface area (Å²) >= 11 is 0. The largest absolute Gasteiger partial charge is 0.501 e. The minimum absolute atomic E-state index is 0.286. The molecule has 1 atom stereocenters. The molecule has 0 fully saturated rings. The zero-order valence-corrected chi connectivity index (χ0v) is 12.5. The van der Waals surface area contributed by atoms with Crippen LogP contribution in [0.4, 0.5) is 0 Å². The summed E-state index contributed by atoms with van der Waals surface area (Å²) in [6, 6.07) is 8.02. The molecule has 4 nitrogen and oxygen atoms in total. The molecule has 0 aliphatic heterocycles. The number of nitrogens with one attached hydrogen (secondary N) is 1. The minimum atomic E-state index is -0.505. The maximum atomic E-state index is 9.74. The highest BCUT2D eigenvalue weighted by Crippen LogP contribution is 2.13. The van der Waals surface area contributed by atoms with Crippen molar-refractivity contribution in [2.75, 3.05) is 19.8 Å². The first kappa shape index (κ1) is 16.5. The van der Waals surface area contributed by atoms with Gasteiger partial charge in [-0.3, -0.25) is 0 Å². The number of ether oxygens (including phenoxy) is 2. The van der Waals surface area contributed by atoms with Gasteiger partial charge in [-0.2, -0.15) is 0 Å². The molecule has 0 radical (unpaired) electrons. The molecular weight excluding hydrogens is 254 g/mol. The van der Waals surface area contributed by atoms with E-state index in [-0.39, 0.29) is 6.61 Å². The van der Waals surface area contributed by atoms with Crippen LogP contribution in [0.25, 0.3) is 6.08 Å². The highest BCUT2D eigenvalue weighted by molar-refractivity contribution is 5.49. The van der Waals surface area contributed by atoms with E-state index in [1.807, 2.05) is 51.1 Å². The van der Waals surface area contributed by atoms with Crippen LogP contribution in [0, 0.1) is 0 Å². The summed E-state index contributed by atoms with van der Waals surface area (Å²) < 4.78 is 10.7. The van der Waals surface area contributed by atoms with Gasteiger partial charge >= 0.3 is 0 Å². The van der Waals surface area contributed by atoms with Gasteiger partial charge in [0.1, 0.15) is 18.5 Å². The summed E-state index contributed by atoms with van der Waals surface area (Å²) in [5.74, 6) is 0.752. The molecule has 2 N–H and O–H groups in total. The molecule has 0 saturated carbocycles. The van der Waals surface area contributed by atoms with Gasteiger partial charge in [0, 0.05) is 12.6 Å². The Kier molecular flexibility index (Phi) is 7.77. The highest BCUT2D eigenvalue weighted by atomic mass is 16.5. The normalized spacial score (nSPS) is 12.8. The second-order valence-electron chi connectivity index (χ2n) is 4.85. The summed E-state index contributed by atoms with van der Waals surface area (Å²) in [6.07, 6.45) is 3.07. The Morgan fingerprint density at radius 2 is 1.95 bits per heavy atom. The first-order valence-corrected chi connectivity index (χ1v) is 7.04. The van der Waals surface area contributed by atoms with E-state index in [9.17, 15) is 5.11 Å². The van der Waals surface area contributed by atoms with E-state index in [0.29, 0.717) is 19.2 Å². The van der Waals surface area contributed by atoms with Gasteiger partial charge in [-0.15, -0.1) is 0 Å². The van der Waals surface area contributed by atoms with Crippen molar-refractivity contribution in [3.05, 3.63) is 36.1 Å². The summed E-state index contributed by atoms with van der Waals surface area (Å²) in [5.41, 5.74) is 1.05. The van der Waals surface area contributed by atoms with Crippen molar-refractivity contribution in [1.29, 1.82) is 0 Å². The minimum Gasteiger partial charge on any atom is -0.501 e. The number of hydrogen-bond acceptors (Lipinski definition) is 4. The number of aliphatic hydroxyl groups excluding tert-OH is 1. The van der Waals surface area contributed by atoms with Gasteiger partial charge in [0.05, 0.1) is 12.9 Å². The molecule has 0 saturated heterocycles. The predicted octanol–water partition coefficient (Wildman–Crippen LogP) is 2.43. The Bertz CT molecular complexity index is 387. The Hall–Kier alpha value is -1.52. The fourth-order valence-corrected chi connectivity index (χ4v) is 1.52. The lowest BCUT2D eigenvalue weighted by Gasteiger charge is -2.15. The van der Waals surface area contributed by atoms with Crippen LogP contribution in [0.1, 0.15) is 26.3 Å². The van der Waals surface area contributed by atoms with Gasteiger partial charge < -0.3 is 19.9 Å². The van der Waals surface area contributed by atoms with Crippen LogP contribution >= 0.6 is 0 Å². The number of aliphatic hydroxyl groups is 1. The third-order valence-electron chi connectivity index (χ3n) is 2.61. The van der Waals surface area contributed by atoms with E-state index in [1.54, 1.807) is 6.26 Å². The van der Waals surface area contributed by atoms with E-state index in [0.717, 1.165) is 11.3 Å². The quantitative estimate of drug-likeness (QED) is 0.682. The van der Waals surface area contributed by atoms with Crippen LogP contribution in [0.15, 0.2) is 30.5 Å². The smallest absolute Gasteiger partial charge is 0.119 e. The van der Waals surface area contributed by atoms with Gasteiger partial charge in [-0.25, -0.2) is 0 Å². The number of rotatable bonds is 9. The molecule has 0 amide bonds. The standard InChI is InChI=1S/C16H25NO3/c1-4-19-10-9-14-5-7-16(8-6-14)20-12-15(18)11-17-13(2)3/h5-10,13,15,17-18H,4,11-12H2,1-3H3. The Balaban J connectivity index is 2.34. The lowest BCUT2D eigenvalue weighted by Crippen LogP contribution is -2.35. The molecular formula is C16H25NO3. The van der Waals surface area contributed by atoms with Crippen molar-refractivity contribution in [2.45, 2.75) is 32.9 Å². The first-order valence-electron chi connectivity index (χ1n) is 7.04. The Morgan fingerprint density at radius 1 is 1.25 bits per heavy atom. The molecule has 0 heterocycles. The van der Waals surface area contributed by atoms with Crippen molar-refractivity contribution in [1.82, 2.24) is 5.32 Å². The maximum Gasteiger partial charge on any atom is 0.119 e. The molecule has 0 aliphatic rings. The van der Waals surface area contributed by atoms with Gasteiger partial charge in [-0.1, -0.05) is 26.0 Å². The van der Waals surface area contributed by atoms with Crippen LogP contribution in [0.5, 0.6) is 5.75 Å². The number of hydrogen-bond donors (Lipinski definition) is 2. The molecule has 1 unspecified atom stereocenters. The van der Waals surface area contributed by atoms with Crippen molar-refractivity contribution in [3.8, 4) is 5.75 Å². The van der Waals surface area contributed by atoms with E-state index < -0.39 is 6.10 Å². The fraction of sp³-hybridized carbons (Fsp3) is 0.500. The molecule has 20 heavy (non-hydrogen) atoms. The van der Waals surface area contributed by atoms with E-state index in [1.165, 1.54) is 0 Å². The third kappa shape index (κ3) is 7.16. The van der Waals surface area contributed by atoms with Crippen LogP contribution < -0.4 is 10.1 Å². The molecule has 0 aliphatic carbocycles. The Morgan fingerprint density at radius 3 is 2.55 bits per heavy atom. The lowest BCUT2D eigenvalue weighted by atomic mass is 10.2. The zero-order valence-electron chi connectivity index (χ0n) is 12.5. The van der Waals surface area contributed by atoms with Gasteiger partial charge in [0.2, 0.25) is 0 Å². The van der Waals surface area contributed by atoms with Gasteiger partial charge in [0.25, 0.3) is 0 Å². The van der Waals surface area contributed by atoms with Crippen molar-refractivity contribution >= 4 is 6.08 Å². The van der Waals surface area contributed by atoms with Crippen LogP contribution in [-0.2, 0) is 4.74 Å². The molecule has 0 spiro atoms. The van der Waals surface area contributed by atoms with Gasteiger partial charge in [-0.05, 0) is 30.7 Å². The first-order chi connectivity index (χ1) is 9.61. The summed E-state index contributed by atoms with van der Waals surface area (Å²) in [7, 11) is 0. The third-order valence-corrected chi connectivity index (χ3v) is 2.61. The lowest BCUT2D eigenvalue weighted by molar-refractivity contribution is 0.104. The van der Waals surface area contributed by atoms with Crippen LogP contribution in [0.3, 0.4) is 0 Å². The Labute approximate surface area is 121 Å². The monoisotopic (exact) mass is 279 g/mol. The van der Waals surface area contributed by atoms with Gasteiger partial charge in [0.15, 0.2) is 0 Å². The molecule has 0 bridgehead atoms. The van der Waals surface area contributed by atoms with Crippen molar-refractivity contribution in [3.63, 3.8) is 0 Å². The second-order valence-corrected chi connectivity index (χ2v) is 4.85. The van der Waals surface area contributed by atoms with E-state index >= 15 is 0 Å². The van der Waals surface area contributed by atoms with Crippen molar-refractivity contribution in [2.24, 2.45) is 0 Å². The SMILES string of the molecule is CCOC=Cc1ccc(OCC(O)CNC(C)C)cc1. The molecule has 1 rings (SSSR count).